The van der Waals surface area contributed by atoms with Crippen LogP contribution in [0.4, 0.5) is 0 Å². The van der Waals surface area contributed by atoms with Gasteiger partial charge in [0, 0.05) is 12.8 Å². The molecule has 0 spiro atoms. The lowest BCUT2D eigenvalue weighted by atomic mass is 9.78. The summed E-state index contributed by atoms with van der Waals surface area (Å²) >= 11 is 0. The molecule has 140 valence electrons. The first-order valence-electron chi connectivity index (χ1n) is 8.36. The predicted molar refractivity (Wildman–Crippen MR) is 95.3 cm³/mol. The molecule has 6 heteroatoms. The Morgan fingerprint density at radius 2 is 1.31 bits per heavy atom. The Balaban J connectivity index is 2.27. The minimum Gasteiger partial charge on any atom is -0.390 e. The Morgan fingerprint density at radius 3 is 1.81 bits per heavy atom. The molecule has 0 aliphatic rings. The van der Waals surface area contributed by atoms with Crippen molar-refractivity contribution < 1.29 is 30.3 Å². The van der Waals surface area contributed by atoms with Crippen molar-refractivity contribution in [1.29, 1.82) is 0 Å². The number of hydrogen-bond donors (Lipinski definition) is 5. The first-order chi connectivity index (χ1) is 12.4. The van der Waals surface area contributed by atoms with Gasteiger partial charge in [-0.15, -0.1) is 0 Å². The van der Waals surface area contributed by atoms with E-state index in [0.29, 0.717) is 5.56 Å². The maximum atomic E-state index is 11.0. The first-order valence-corrected chi connectivity index (χ1v) is 8.36. The molecule has 0 fully saturated rings. The average molecular weight is 360 g/mol. The molecule has 0 amide bonds. The van der Waals surface area contributed by atoms with E-state index in [1.807, 2.05) is 6.07 Å². The van der Waals surface area contributed by atoms with E-state index in [1.54, 1.807) is 54.6 Å². The van der Waals surface area contributed by atoms with Crippen molar-refractivity contribution in [3.63, 3.8) is 0 Å². The molecule has 26 heavy (non-hydrogen) atoms. The van der Waals surface area contributed by atoms with Crippen LogP contribution in [0.15, 0.2) is 60.7 Å². The normalized spacial score (nSPS) is 18.3. The summed E-state index contributed by atoms with van der Waals surface area (Å²) in [7, 11) is 0. The van der Waals surface area contributed by atoms with Gasteiger partial charge in [0.2, 0.25) is 0 Å². The average Bonchev–Trinajstić information content (AvgIpc) is 2.67. The number of aliphatic hydroxyl groups excluding tert-OH is 4. The highest BCUT2D eigenvalue weighted by Crippen LogP contribution is 2.27. The number of benzene rings is 2. The van der Waals surface area contributed by atoms with Crippen molar-refractivity contribution >= 4 is 6.29 Å². The van der Waals surface area contributed by atoms with E-state index in [2.05, 4.69) is 0 Å². The molecule has 2 aromatic rings. The molecule has 0 bridgehead atoms. The van der Waals surface area contributed by atoms with Gasteiger partial charge >= 0.3 is 0 Å². The maximum absolute atomic E-state index is 11.0. The first kappa shape index (κ1) is 20.2. The number of carbonyl (C=O) groups excluding carboxylic acids is 1. The van der Waals surface area contributed by atoms with Gasteiger partial charge in [0.1, 0.15) is 23.9 Å². The third-order valence-corrected chi connectivity index (χ3v) is 4.47. The van der Waals surface area contributed by atoms with Gasteiger partial charge in [-0.25, -0.2) is 0 Å². The number of carbonyl (C=O) groups is 1. The van der Waals surface area contributed by atoms with E-state index in [1.165, 1.54) is 0 Å². The second-order valence-electron chi connectivity index (χ2n) is 6.43. The molecular formula is C20H24O6. The van der Waals surface area contributed by atoms with Crippen LogP contribution in [0.25, 0.3) is 0 Å². The van der Waals surface area contributed by atoms with Gasteiger partial charge < -0.3 is 30.3 Å². The number of rotatable bonds is 9. The molecule has 0 aliphatic heterocycles. The molecule has 0 aliphatic carbocycles. The third kappa shape index (κ3) is 4.75. The molecule has 2 rings (SSSR count). The van der Waals surface area contributed by atoms with Crippen LogP contribution in [0.5, 0.6) is 0 Å². The molecule has 5 N–H and O–H groups in total. The van der Waals surface area contributed by atoms with Gasteiger partial charge in [-0.2, -0.15) is 0 Å². The van der Waals surface area contributed by atoms with Crippen LogP contribution in [0.2, 0.25) is 0 Å². The lowest BCUT2D eigenvalue weighted by Crippen LogP contribution is -2.62. The van der Waals surface area contributed by atoms with Gasteiger partial charge in [-0.3, -0.25) is 0 Å². The SMILES string of the molecule is O=C[C@H](O)[C@@H](O)[C@@](O)(Cc1ccccc1)[C@H](O)C(O)Cc1ccccc1. The van der Waals surface area contributed by atoms with E-state index in [-0.39, 0.29) is 19.1 Å². The second-order valence-corrected chi connectivity index (χ2v) is 6.43. The largest absolute Gasteiger partial charge is 0.390 e. The molecule has 1 unspecified atom stereocenters. The highest BCUT2D eigenvalue weighted by molar-refractivity contribution is 5.57. The molecule has 5 atom stereocenters. The van der Waals surface area contributed by atoms with Crippen LogP contribution >= 0.6 is 0 Å². The summed E-state index contributed by atoms with van der Waals surface area (Å²) in [5, 5.41) is 51.9. The summed E-state index contributed by atoms with van der Waals surface area (Å²) in [5.74, 6) is 0. The molecule has 6 nitrogen and oxygen atoms in total. The summed E-state index contributed by atoms with van der Waals surface area (Å²) in [6, 6.07) is 17.4. The fourth-order valence-electron chi connectivity index (χ4n) is 2.98. The van der Waals surface area contributed by atoms with Gasteiger partial charge in [-0.05, 0) is 11.1 Å². The number of hydrogen-bond acceptors (Lipinski definition) is 6. The standard InChI is InChI=1S/C20H24O6/c21-13-17(23)19(25)20(26,12-15-9-5-2-6-10-15)18(24)16(22)11-14-7-3-1-4-8-14/h1-10,13,16-19,22-26H,11-12H2/t16?,17-,18+,19+,20+/m0/s1. The molecule has 0 saturated heterocycles. The van der Waals surface area contributed by atoms with Crippen LogP contribution in [0, 0.1) is 0 Å². The molecule has 0 saturated carbocycles. The highest BCUT2D eigenvalue weighted by atomic mass is 16.4. The quantitative estimate of drug-likeness (QED) is 0.397. The van der Waals surface area contributed by atoms with Crippen LogP contribution in [-0.2, 0) is 17.6 Å². The zero-order valence-electron chi connectivity index (χ0n) is 14.2. The maximum Gasteiger partial charge on any atom is 0.151 e. The molecular weight excluding hydrogens is 336 g/mol. The smallest absolute Gasteiger partial charge is 0.151 e. The Morgan fingerprint density at radius 1 is 0.808 bits per heavy atom. The fourth-order valence-corrected chi connectivity index (χ4v) is 2.98. The van der Waals surface area contributed by atoms with Crippen molar-refractivity contribution in [2.75, 3.05) is 0 Å². The Kier molecular flexibility index (Phi) is 7.02. The minimum atomic E-state index is -2.32. The molecule has 0 aromatic heterocycles. The third-order valence-electron chi connectivity index (χ3n) is 4.47. The summed E-state index contributed by atoms with van der Waals surface area (Å²) < 4.78 is 0. The van der Waals surface area contributed by atoms with Crippen molar-refractivity contribution in [3.8, 4) is 0 Å². The van der Waals surface area contributed by atoms with Gasteiger partial charge in [0.05, 0.1) is 6.10 Å². The van der Waals surface area contributed by atoms with Crippen molar-refractivity contribution in [2.24, 2.45) is 0 Å². The molecule has 2 aromatic carbocycles. The van der Waals surface area contributed by atoms with E-state index in [0.717, 1.165) is 5.56 Å². The van der Waals surface area contributed by atoms with Crippen LogP contribution < -0.4 is 0 Å². The predicted octanol–water partition coefficient (Wildman–Crippen LogP) is -0.155. The minimum absolute atomic E-state index is 0.0308. The van der Waals surface area contributed by atoms with Gasteiger partial charge in [0.25, 0.3) is 0 Å². The lowest BCUT2D eigenvalue weighted by molar-refractivity contribution is -0.197. The number of aliphatic hydroxyl groups is 5. The van der Waals surface area contributed by atoms with Crippen LogP contribution in [0.1, 0.15) is 11.1 Å². The topological polar surface area (TPSA) is 118 Å². The van der Waals surface area contributed by atoms with Crippen LogP contribution in [0.3, 0.4) is 0 Å². The van der Waals surface area contributed by atoms with E-state index in [4.69, 9.17) is 0 Å². The summed E-state index contributed by atoms with van der Waals surface area (Å²) in [4.78, 5) is 10.9. The monoisotopic (exact) mass is 360 g/mol. The van der Waals surface area contributed by atoms with E-state index in [9.17, 15) is 30.3 Å². The highest BCUT2D eigenvalue weighted by Gasteiger charge is 2.48. The fraction of sp³-hybridized carbons (Fsp3) is 0.350. The van der Waals surface area contributed by atoms with E-state index < -0.39 is 30.0 Å². The Bertz CT molecular complexity index is 677. The Hall–Kier alpha value is -2.09. The second kappa shape index (κ2) is 9.02. The van der Waals surface area contributed by atoms with Crippen molar-refractivity contribution in [1.82, 2.24) is 0 Å². The molecule has 0 radical (unpaired) electrons. The zero-order chi connectivity index (χ0) is 19.2. The summed E-state index contributed by atoms with van der Waals surface area (Å²) in [5.41, 5.74) is -1.03. The molecule has 0 heterocycles. The number of aldehydes is 1. The van der Waals surface area contributed by atoms with Gasteiger partial charge in [0.15, 0.2) is 6.29 Å². The Labute approximate surface area is 152 Å². The van der Waals surface area contributed by atoms with Crippen molar-refractivity contribution in [3.05, 3.63) is 71.8 Å². The van der Waals surface area contributed by atoms with Crippen molar-refractivity contribution in [2.45, 2.75) is 42.9 Å². The summed E-state index contributed by atoms with van der Waals surface area (Å²) in [6.45, 7) is 0. The van der Waals surface area contributed by atoms with Crippen LogP contribution in [-0.4, -0.2) is 61.8 Å². The van der Waals surface area contributed by atoms with E-state index >= 15 is 0 Å². The van der Waals surface area contributed by atoms with Gasteiger partial charge in [-0.1, -0.05) is 60.7 Å². The zero-order valence-corrected chi connectivity index (χ0v) is 14.2. The summed E-state index contributed by atoms with van der Waals surface area (Å²) in [6.07, 6.45) is -7.23. The lowest BCUT2D eigenvalue weighted by Gasteiger charge is -2.40.